The first-order chi connectivity index (χ1) is 8.99. The van der Waals surface area contributed by atoms with Crippen molar-refractivity contribution in [2.24, 2.45) is 5.73 Å². The van der Waals surface area contributed by atoms with E-state index in [2.05, 4.69) is 44.2 Å². The lowest BCUT2D eigenvalue weighted by atomic mass is 10.0. The van der Waals surface area contributed by atoms with Gasteiger partial charge in [-0.25, -0.2) is 0 Å². The molecule has 0 aliphatic heterocycles. The van der Waals surface area contributed by atoms with Gasteiger partial charge < -0.3 is 10.6 Å². The van der Waals surface area contributed by atoms with Crippen molar-refractivity contribution in [1.29, 1.82) is 0 Å². The third-order valence-electron chi connectivity index (χ3n) is 3.50. The SMILES string of the molecule is CCC(N)Cc1ccc(Cl)cc1N(C)C(C)CSC. The number of thioether (sulfide) groups is 1. The zero-order chi connectivity index (χ0) is 14.4. The third kappa shape index (κ3) is 4.90. The van der Waals surface area contributed by atoms with Crippen molar-refractivity contribution in [1.82, 2.24) is 0 Å². The Morgan fingerprint density at radius 3 is 2.68 bits per heavy atom. The molecule has 0 fully saturated rings. The zero-order valence-electron chi connectivity index (χ0n) is 12.3. The lowest BCUT2D eigenvalue weighted by molar-refractivity contribution is 0.643. The summed E-state index contributed by atoms with van der Waals surface area (Å²) in [6, 6.07) is 6.80. The number of hydrogen-bond acceptors (Lipinski definition) is 3. The van der Waals surface area contributed by atoms with Crippen LogP contribution in [0.5, 0.6) is 0 Å². The van der Waals surface area contributed by atoms with E-state index in [4.69, 9.17) is 17.3 Å². The molecule has 2 atom stereocenters. The number of nitrogens with zero attached hydrogens (tertiary/aromatic N) is 1. The first-order valence-electron chi connectivity index (χ1n) is 6.75. The van der Waals surface area contributed by atoms with E-state index in [-0.39, 0.29) is 6.04 Å². The van der Waals surface area contributed by atoms with Crippen LogP contribution in [-0.4, -0.2) is 31.1 Å². The molecule has 4 heteroatoms. The molecule has 19 heavy (non-hydrogen) atoms. The van der Waals surface area contributed by atoms with E-state index in [0.29, 0.717) is 6.04 Å². The molecule has 2 unspecified atom stereocenters. The molecule has 0 heterocycles. The van der Waals surface area contributed by atoms with Gasteiger partial charge in [-0.3, -0.25) is 0 Å². The lowest BCUT2D eigenvalue weighted by Gasteiger charge is -2.29. The molecule has 0 aliphatic rings. The number of anilines is 1. The van der Waals surface area contributed by atoms with E-state index >= 15 is 0 Å². The molecule has 0 saturated carbocycles. The van der Waals surface area contributed by atoms with Crippen molar-refractivity contribution in [2.75, 3.05) is 24.0 Å². The number of rotatable bonds is 7. The van der Waals surface area contributed by atoms with Crippen LogP contribution in [0.3, 0.4) is 0 Å². The maximum atomic E-state index is 6.15. The monoisotopic (exact) mass is 300 g/mol. The molecule has 0 amide bonds. The summed E-state index contributed by atoms with van der Waals surface area (Å²) in [5.41, 5.74) is 8.58. The number of halogens is 1. The predicted molar refractivity (Wildman–Crippen MR) is 89.7 cm³/mol. The summed E-state index contributed by atoms with van der Waals surface area (Å²) in [7, 11) is 2.13. The van der Waals surface area contributed by atoms with E-state index in [0.717, 1.165) is 23.6 Å². The Kier molecular flexibility index (Phi) is 7.05. The van der Waals surface area contributed by atoms with Crippen molar-refractivity contribution >= 4 is 29.1 Å². The molecule has 1 rings (SSSR count). The number of benzene rings is 1. The molecular weight excluding hydrogens is 276 g/mol. The fraction of sp³-hybridized carbons (Fsp3) is 0.600. The van der Waals surface area contributed by atoms with Gasteiger partial charge in [0.15, 0.2) is 0 Å². The Balaban J connectivity index is 2.99. The van der Waals surface area contributed by atoms with Crippen LogP contribution in [0.15, 0.2) is 18.2 Å². The van der Waals surface area contributed by atoms with Crippen molar-refractivity contribution in [2.45, 2.75) is 38.8 Å². The van der Waals surface area contributed by atoms with Gasteiger partial charge in [0, 0.05) is 35.6 Å². The summed E-state index contributed by atoms with van der Waals surface area (Å²) >= 11 is 8.01. The van der Waals surface area contributed by atoms with Gasteiger partial charge in [0.05, 0.1) is 0 Å². The highest BCUT2D eigenvalue weighted by Gasteiger charge is 2.15. The van der Waals surface area contributed by atoms with Crippen molar-refractivity contribution in [3.63, 3.8) is 0 Å². The fourth-order valence-electron chi connectivity index (χ4n) is 2.06. The summed E-state index contributed by atoms with van der Waals surface area (Å²) in [4.78, 5) is 2.31. The van der Waals surface area contributed by atoms with Gasteiger partial charge in [0.2, 0.25) is 0 Å². The minimum Gasteiger partial charge on any atom is -0.371 e. The summed E-state index contributed by atoms with van der Waals surface area (Å²) in [6.45, 7) is 4.36. The van der Waals surface area contributed by atoms with Crippen molar-refractivity contribution in [3.05, 3.63) is 28.8 Å². The Morgan fingerprint density at radius 1 is 1.42 bits per heavy atom. The molecule has 0 aliphatic carbocycles. The molecule has 2 nitrogen and oxygen atoms in total. The summed E-state index contributed by atoms with van der Waals surface area (Å²) < 4.78 is 0. The van der Waals surface area contributed by atoms with Crippen LogP contribution in [0.25, 0.3) is 0 Å². The van der Waals surface area contributed by atoms with Gasteiger partial charge in [0.1, 0.15) is 0 Å². The minimum atomic E-state index is 0.212. The van der Waals surface area contributed by atoms with Gasteiger partial charge in [0.25, 0.3) is 0 Å². The average molecular weight is 301 g/mol. The minimum absolute atomic E-state index is 0.212. The highest BCUT2D eigenvalue weighted by molar-refractivity contribution is 7.98. The molecule has 2 N–H and O–H groups in total. The van der Waals surface area contributed by atoms with Crippen LogP contribution in [0.1, 0.15) is 25.8 Å². The quantitative estimate of drug-likeness (QED) is 0.830. The molecule has 0 saturated heterocycles. The van der Waals surface area contributed by atoms with E-state index in [9.17, 15) is 0 Å². The molecular formula is C15H25ClN2S. The maximum Gasteiger partial charge on any atom is 0.0426 e. The molecule has 0 spiro atoms. The average Bonchev–Trinajstić information content (AvgIpc) is 2.40. The maximum absolute atomic E-state index is 6.15. The standard InChI is InChI=1S/C15H25ClN2S/c1-5-14(17)8-12-6-7-13(16)9-15(12)18(3)11(2)10-19-4/h6-7,9,11,14H,5,8,10,17H2,1-4H3. The third-order valence-corrected chi connectivity index (χ3v) is 4.55. The lowest BCUT2D eigenvalue weighted by Crippen LogP contribution is -2.32. The fourth-order valence-corrected chi connectivity index (χ4v) is 2.93. The second kappa shape index (κ2) is 8.03. The van der Waals surface area contributed by atoms with Crippen LogP contribution in [-0.2, 0) is 6.42 Å². The summed E-state index contributed by atoms with van der Waals surface area (Å²) in [6.07, 6.45) is 4.03. The smallest absolute Gasteiger partial charge is 0.0426 e. The summed E-state index contributed by atoms with van der Waals surface area (Å²) in [5, 5.41) is 0.784. The predicted octanol–water partition coefficient (Wildman–Crippen LogP) is 3.81. The van der Waals surface area contributed by atoms with E-state index in [1.807, 2.05) is 17.8 Å². The first kappa shape index (κ1) is 16.7. The largest absolute Gasteiger partial charge is 0.371 e. The van der Waals surface area contributed by atoms with Crippen LogP contribution in [0.4, 0.5) is 5.69 Å². The Bertz CT molecular complexity index is 398. The second-order valence-corrected chi connectivity index (χ2v) is 6.41. The van der Waals surface area contributed by atoms with Crippen LogP contribution in [0, 0.1) is 0 Å². The molecule has 0 aromatic heterocycles. The van der Waals surface area contributed by atoms with Gasteiger partial charge in [-0.2, -0.15) is 11.8 Å². The van der Waals surface area contributed by atoms with Gasteiger partial charge in [-0.1, -0.05) is 24.6 Å². The molecule has 0 bridgehead atoms. The molecule has 1 aromatic carbocycles. The highest BCUT2D eigenvalue weighted by Crippen LogP contribution is 2.27. The van der Waals surface area contributed by atoms with Crippen molar-refractivity contribution < 1.29 is 0 Å². The number of hydrogen-bond donors (Lipinski definition) is 1. The van der Waals surface area contributed by atoms with Gasteiger partial charge >= 0.3 is 0 Å². The van der Waals surface area contributed by atoms with Crippen LogP contribution >= 0.6 is 23.4 Å². The Hall–Kier alpha value is -0.380. The Morgan fingerprint density at radius 2 is 2.11 bits per heavy atom. The normalized spacial score (nSPS) is 14.2. The topological polar surface area (TPSA) is 29.3 Å². The molecule has 1 aromatic rings. The summed E-state index contributed by atoms with van der Waals surface area (Å²) in [5.74, 6) is 1.10. The van der Waals surface area contributed by atoms with E-state index < -0.39 is 0 Å². The number of nitrogens with two attached hydrogens (primary N) is 1. The van der Waals surface area contributed by atoms with E-state index in [1.54, 1.807) is 0 Å². The second-order valence-electron chi connectivity index (χ2n) is 5.06. The highest BCUT2D eigenvalue weighted by atomic mass is 35.5. The first-order valence-corrected chi connectivity index (χ1v) is 8.52. The van der Waals surface area contributed by atoms with Gasteiger partial charge in [-0.05, 0) is 43.7 Å². The van der Waals surface area contributed by atoms with Gasteiger partial charge in [-0.15, -0.1) is 0 Å². The van der Waals surface area contributed by atoms with E-state index in [1.165, 1.54) is 11.3 Å². The zero-order valence-corrected chi connectivity index (χ0v) is 13.9. The van der Waals surface area contributed by atoms with Crippen LogP contribution in [0.2, 0.25) is 5.02 Å². The Labute approximate surface area is 126 Å². The van der Waals surface area contributed by atoms with Crippen LogP contribution < -0.4 is 10.6 Å². The molecule has 108 valence electrons. The van der Waals surface area contributed by atoms with Crippen molar-refractivity contribution in [3.8, 4) is 0 Å². The molecule has 0 radical (unpaired) electrons.